The first-order chi connectivity index (χ1) is 15.6. The fraction of sp³-hybridized carbons (Fsp3) is 0.111. The maximum Gasteiger partial charge on any atom is 0.336 e. The zero-order chi connectivity index (χ0) is 22.3. The highest BCUT2D eigenvalue weighted by atomic mass is 16.5. The third kappa shape index (κ3) is 4.95. The molecule has 0 amide bonds. The number of aromatic carboxylic acids is 1. The lowest BCUT2D eigenvalue weighted by molar-refractivity contribution is 0.0697. The molecular weight excluding hydrogens is 402 g/mol. The highest BCUT2D eigenvalue weighted by molar-refractivity contribution is 5.98. The molecule has 1 N–H and O–H groups in total. The number of carboxylic acid groups (broad SMARTS) is 1. The van der Waals surface area contributed by atoms with Crippen LogP contribution in [-0.2, 0) is 13.2 Å². The minimum absolute atomic E-state index is 0.233. The van der Waals surface area contributed by atoms with E-state index in [9.17, 15) is 9.90 Å². The van der Waals surface area contributed by atoms with Gasteiger partial charge in [0.05, 0.1) is 5.56 Å². The van der Waals surface area contributed by atoms with Crippen LogP contribution in [0.25, 0.3) is 11.1 Å². The van der Waals surface area contributed by atoms with Crippen LogP contribution < -0.4 is 9.47 Å². The number of aryl methyl sites for hydroxylation is 1. The van der Waals surface area contributed by atoms with Gasteiger partial charge in [-0.25, -0.2) is 4.79 Å². The lowest BCUT2D eigenvalue weighted by Crippen LogP contribution is -2.06. The SMILES string of the molecule is Cc1cccc(-c2ccc(OCc3ccccc3)nc2OCc2ccccc2)c1C(=O)O. The zero-order valence-electron chi connectivity index (χ0n) is 17.7. The first kappa shape index (κ1) is 21.1. The summed E-state index contributed by atoms with van der Waals surface area (Å²) in [6.45, 7) is 2.45. The number of carbonyl (C=O) groups is 1. The van der Waals surface area contributed by atoms with Crippen LogP contribution in [0.3, 0.4) is 0 Å². The van der Waals surface area contributed by atoms with Crippen LogP contribution in [0.2, 0.25) is 0 Å². The molecular formula is C27H23NO4. The van der Waals surface area contributed by atoms with Crippen molar-refractivity contribution in [2.75, 3.05) is 0 Å². The monoisotopic (exact) mass is 425 g/mol. The van der Waals surface area contributed by atoms with Crippen LogP contribution in [-0.4, -0.2) is 16.1 Å². The van der Waals surface area contributed by atoms with Gasteiger partial charge >= 0.3 is 5.97 Å². The molecule has 4 rings (SSSR count). The van der Waals surface area contributed by atoms with Crippen LogP contribution in [0.4, 0.5) is 0 Å². The minimum atomic E-state index is -0.989. The van der Waals surface area contributed by atoms with Gasteiger partial charge in [0.25, 0.3) is 0 Å². The van der Waals surface area contributed by atoms with Crippen molar-refractivity contribution < 1.29 is 19.4 Å². The van der Waals surface area contributed by atoms with Gasteiger partial charge in [-0.3, -0.25) is 0 Å². The van der Waals surface area contributed by atoms with Crippen LogP contribution in [0.1, 0.15) is 27.0 Å². The summed E-state index contributed by atoms with van der Waals surface area (Å²) < 4.78 is 11.9. The third-order valence-corrected chi connectivity index (χ3v) is 5.06. The Morgan fingerprint density at radius 3 is 2.00 bits per heavy atom. The van der Waals surface area contributed by atoms with Gasteiger partial charge in [-0.15, -0.1) is 0 Å². The molecule has 0 fully saturated rings. The molecule has 1 heterocycles. The molecule has 0 unspecified atom stereocenters. The normalized spacial score (nSPS) is 10.5. The molecule has 0 atom stereocenters. The maximum absolute atomic E-state index is 11.9. The van der Waals surface area contributed by atoms with Crippen LogP contribution >= 0.6 is 0 Å². The highest BCUT2D eigenvalue weighted by Crippen LogP contribution is 2.34. The van der Waals surface area contributed by atoms with E-state index in [0.29, 0.717) is 41.7 Å². The van der Waals surface area contributed by atoms with E-state index in [1.54, 1.807) is 31.2 Å². The third-order valence-electron chi connectivity index (χ3n) is 5.06. The number of nitrogens with zero attached hydrogens (tertiary/aromatic N) is 1. The Bertz CT molecular complexity index is 1210. The highest BCUT2D eigenvalue weighted by Gasteiger charge is 2.19. The number of hydrogen-bond donors (Lipinski definition) is 1. The Labute approximate surface area is 186 Å². The summed E-state index contributed by atoms with van der Waals surface area (Å²) in [7, 11) is 0. The Kier molecular flexibility index (Phi) is 6.46. The molecule has 1 aromatic heterocycles. The second-order valence-corrected chi connectivity index (χ2v) is 7.35. The van der Waals surface area contributed by atoms with Gasteiger partial charge < -0.3 is 14.6 Å². The topological polar surface area (TPSA) is 68.7 Å². The quantitative estimate of drug-likeness (QED) is 0.380. The molecule has 3 aromatic carbocycles. The largest absolute Gasteiger partial charge is 0.478 e. The Balaban J connectivity index is 1.69. The predicted molar refractivity (Wildman–Crippen MR) is 123 cm³/mol. The second-order valence-electron chi connectivity index (χ2n) is 7.35. The van der Waals surface area contributed by atoms with Crippen LogP contribution in [0, 0.1) is 6.92 Å². The Hall–Kier alpha value is -4.12. The van der Waals surface area contributed by atoms with Gasteiger partial charge in [0, 0.05) is 17.2 Å². The van der Waals surface area contributed by atoms with Crippen molar-refractivity contribution in [2.24, 2.45) is 0 Å². The smallest absolute Gasteiger partial charge is 0.336 e. The average Bonchev–Trinajstić information content (AvgIpc) is 2.82. The molecule has 0 aliphatic rings. The van der Waals surface area contributed by atoms with Gasteiger partial charge in [0.2, 0.25) is 11.8 Å². The van der Waals surface area contributed by atoms with Gasteiger partial charge in [-0.05, 0) is 29.7 Å². The molecule has 5 heteroatoms. The summed E-state index contributed by atoms with van der Waals surface area (Å²) >= 11 is 0. The van der Waals surface area contributed by atoms with Gasteiger partial charge in [-0.1, -0.05) is 78.9 Å². The molecule has 0 radical (unpaired) electrons. The van der Waals surface area contributed by atoms with Crippen LogP contribution in [0.15, 0.2) is 91.0 Å². The Morgan fingerprint density at radius 1 is 0.750 bits per heavy atom. The van der Waals surface area contributed by atoms with Crippen molar-refractivity contribution in [1.29, 1.82) is 0 Å². The van der Waals surface area contributed by atoms with Crippen molar-refractivity contribution in [2.45, 2.75) is 20.1 Å². The van der Waals surface area contributed by atoms with E-state index in [1.165, 1.54) is 0 Å². The number of carboxylic acids is 1. The zero-order valence-corrected chi connectivity index (χ0v) is 17.7. The van der Waals surface area contributed by atoms with E-state index in [0.717, 1.165) is 11.1 Å². The maximum atomic E-state index is 11.9. The summed E-state index contributed by atoms with van der Waals surface area (Å²) in [6, 6.07) is 28.5. The summed E-state index contributed by atoms with van der Waals surface area (Å²) in [4.78, 5) is 16.5. The molecule has 160 valence electrons. The fourth-order valence-corrected chi connectivity index (χ4v) is 3.45. The number of hydrogen-bond acceptors (Lipinski definition) is 4. The molecule has 0 bridgehead atoms. The summed E-state index contributed by atoms with van der Waals surface area (Å²) in [5, 5.41) is 9.79. The van der Waals surface area contributed by atoms with E-state index in [1.807, 2.05) is 66.7 Å². The average molecular weight is 425 g/mol. The second kappa shape index (κ2) is 9.79. The van der Waals surface area contributed by atoms with Crippen molar-refractivity contribution in [3.8, 4) is 22.9 Å². The van der Waals surface area contributed by atoms with Crippen molar-refractivity contribution in [3.05, 3.63) is 113 Å². The van der Waals surface area contributed by atoms with E-state index in [2.05, 4.69) is 4.98 Å². The van der Waals surface area contributed by atoms with Crippen molar-refractivity contribution in [1.82, 2.24) is 4.98 Å². The molecule has 0 aliphatic carbocycles. The van der Waals surface area contributed by atoms with Gasteiger partial charge in [-0.2, -0.15) is 4.98 Å². The molecule has 4 aromatic rings. The van der Waals surface area contributed by atoms with Gasteiger partial charge in [0.1, 0.15) is 13.2 Å². The lowest BCUT2D eigenvalue weighted by atomic mass is 9.96. The minimum Gasteiger partial charge on any atom is -0.478 e. The summed E-state index contributed by atoms with van der Waals surface area (Å²) in [5.74, 6) is -0.255. The van der Waals surface area contributed by atoms with Crippen molar-refractivity contribution in [3.63, 3.8) is 0 Å². The Morgan fingerprint density at radius 2 is 1.38 bits per heavy atom. The first-order valence-electron chi connectivity index (χ1n) is 10.3. The lowest BCUT2D eigenvalue weighted by Gasteiger charge is -2.15. The molecule has 5 nitrogen and oxygen atoms in total. The predicted octanol–water partition coefficient (Wildman–Crippen LogP) is 5.91. The number of pyridine rings is 1. The molecule has 32 heavy (non-hydrogen) atoms. The summed E-state index contributed by atoms with van der Waals surface area (Å²) in [5.41, 5.74) is 4.08. The van der Waals surface area contributed by atoms with E-state index < -0.39 is 5.97 Å². The molecule has 0 aliphatic heterocycles. The standard InChI is InChI=1S/C27H23NO4/c1-19-9-8-14-22(25(19)27(29)30)23-15-16-24(31-17-20-10-4-2-5-11-20)28-26(23)32-18-21-12-6-3-7-13-21/h2-16H,17-18H2,1H3,(H,29,30). The van der Waals surface area contributed by atoms with E-state index >= 15 is 0 Å². The fourth-order valence-electron chi connectivity index (χ4n) is 3.45. The van der Waals surface area contributed by atoms with Crippen LogP contribution in [0.5, 0.6) is 11.8 Å². The van der Waals surface area contributed by atoms with E-state index in [-0.39, 0.29) is 5.56 Å². The molecule has 0 spiro atoms. The van der Waals surface area contributed by atoms with Crippen molar-refractivity contribution >= 4 is 5.97 Å². The molecule has 0 saturated carbocycles. The van der Waals surface area contributed by atoms with Gasteiger partial charge in [0.15, 0.2) is 0 Å². The van der Waals surface area contributed by atoms with E-state index in [4.69, 9.17) is 9.47 Å². The number of ether oxygens (including phenoxy) is 2. The summed E-state index contributed by atoms with van der Waals surface area (Å²) in [6.07, 6.45) is 0. The molecule has 0 saturated heterocycles. The number of rotatable bonds is 8. The number of benzene rings is 3. The number of aromatic nitrogens is 1. The first-order valence-corrected chi connectivity index (χ1v) is 10.3.